The number of carbonyl (C=O) groups excluding carboxylic acids is 2. The Bertz CT molecular complexity index is 1100. The van der Waals surface area contributed by atoms with Crippen molar-refractivity contribution in [3.05, 3.63) is 65.0 Å². The van der Waals surface area contributed by atoms with Crippen LogP contribution in [0.4, 0.5) is 0 Å². The van der Waals surface area contributed by atoms with Gasteiger partial charge in [-0.25, -0.2) is 9.67 Å². The number of nitrogens with two attached hydrogens (primary N) is 1. The third-order valence-corrected chi connectivity index (χ3v) is 6.48. The Kier molecular flexibility index (Phi) is 7.08. The first kappa shape index (κ1) is 23.0. The molecular weight excluding hydrogens is 442 g/mol. The number of aromatic nitrogens is 5. The fourth-order valence-corrected chi connectivity index (χ4v) is 4.50. The number of hydrogen-bond acceptors (Lipinski definition) is 5. The fraction of sp³-hybridized carbons (Fsp3) is 0.435. The molecule has 33 heavy (non-hydrogen) atoms. The molecule has 1 atom stereocenters. The predicted molar refractivity (Wildman–Crippen MR) is 123 cm³/mol. The molecule has 0 spiro atoms. The number of rotatable bonds is 8. The molecule has 10 heteroatoms. The maximum atomic E-state index is 12.9. The average Bonchev–Trinajstić information content (AvgIpc) is 3.47. The highest BCUT2D eigenvalue weighted by atomic mass is 35.5. The van der Waals surface area contributed by atoms with Crippen molar-refractivity contribution in [1.82, 2.24) is 29.9 Å². The Hall–Kier alpha value is -3.20. The van der Waals surface area contributed by atoms with Gasteiger partial charge in [-0.2, -0.15) is 0 Å². The van der Waals surface area contributed by atoms with E-state index in [9.17, 15) is 9.59 Å². The highest BCUT2D eigenvalue weighted by Gasteiger charge is 2.30. The van der Waals surface area contributed by atoms with Gasteiger partial charge in [0.1, 0.15) is 17.6 Å². The summed E-state index contributed by atoms with van der Waals surface area (Å²) in [5, 5.41) is 12.0. The quantitative estimate of drug-likeness (QED) is 0.525. The van der Waals surface area contributed by atoms with Crippen LogP contribution in [0, 0.1) is 5.92 Å². The topological polar surface area (TPSA) is 121 Å². The lowest BCUT2D eigenvalue weighted by molar-refractivity contribution is -0.131. The van der Waals surface area contributed by atoms with Gasteiger partial charge in [-0.05, 0) is 43.4 Å². The smallest absolute Gasteiger partial charge is 0.244 e. The number of carbonyl (C=O) groups is 2. The second-order valence-electron chi connectivity index (χ2n) is 8.42. The van der Waals surface area contributed by atoms with Crippen LogP contribution in [-0.4, -0.2) is 36.4 Å². The maximum absolute atomic E-state index is 12.9. The van der Waals surface area contributed by atoms with E-state index >= 15 is 0 Å². The van der Waals surface area contributed by atoms with E-state index in [0.717, 1.165) is 30.8 Å². The lowest BCUT2D eigenvalue weighted by atomic mass is 9.85. The summed E-state index contributed by atoms with van der Waals surface area (Å²) in [5.74, 6) is 0.0951. The molecule has 174 valence electrons. The molecule has 3 aromatic rings. The Morgan fingerprint density at radius 3 is 2.61 bits per heavy atom. The van der Waals surface area contributed by atoms with Gasteiger partial charge in [-0.15, -0.1) is 5.10 Å². The number of primary amides is 1. The number of amides is 2. The lowest BCUT2D eigenvalue weighted by Gasteiger charge is -2.28. The molecule has 0 saturated heterocycles. The summed E-state index contributed by atoms with van der Waals surface area (Å²) in [6.45, 7) is 2.71. The standard InChI is InChI=1S/C23H28ClN7O2/c1-2-20-26-11-12-30(20)13-18-14-31(29-28-18)19-9-5-16(6-10-19)23(33)27-21(22(25)32)15-3-7-17(24)8-4-15/h3-4,7-8,11-12,14,16,19,21H,2,5-6,9-10,13H2,1H3,(H2,25,32)(H,27,33). The molecule has 4 rings (SSSR count). The number of nitrogens with zero attached hydrogens (tertiary/aromatic N) is 5. The molecule has 0 radical (unpaired) electrons. The van der Waals surface area contributed by atoms with Crippen molar-refractivity contribution < 1.29 is 9.59 Å². The average molecular weight is 470 g/mol. The first-order valence-electron chi connectivity index (χ1n) is 11.2. The van der Waals surface area contributed by atoms with E-state index in [-0.39, 0.29) is 17.9 Å². The van der Waals surface area contributed by atoms with Crippen LogP contribution in [0.2, 0.25) is 5.02 Å². The summed E-state index contributed by atoms with van der Waals surface area (Å²) >= 11 is 5.92. The van der Waals surface area contributed by atoms with Crippen LogP contribution < -0.4 is 11.1 Å². The third kappa shape index (κ3) is 5.42. The molecule has 2 amide bonds. The Morgan fingerprint density at radius 2 is 1.94 bits per heavy atom. The molecule has 1 saturated carbocycles. The first-order chi connectivity index (χ1) is 15.9. The molecule has 0 aliphatic heterocycles. The molecular formula is C23H28ClN7O2. The molecule has 2 aromatic heterocycles. The molecule has 9 nitrogen and oxygen atoms in total. The number of aryl methyl sites for hydroxylation is 1. The maximum Gasteiger partial charge on any atom is 0.244 e. The Morgan fingerprint density at radius 1 is 1.21 bits per heavy atom. The van der Waals surface area contributed by atoms with Gasteiger partial charge in [0.15, 0.2) is 0 Å². The third-order valence-electron chi connectivity index (χ3n) is 6.22. The summed E-state index contributed by atoms with van der Waals surface area (Å²) in [4.78, 5) is 29.1. The number of halogens is 1. The van der Waals surface area contributed by atoms with Crippen molar-refractivity contribution in [3.8, 4) is 0 Å². The molecule has 3 N–H and O–H groups in total. The van der Waals surface area contributed by atoms with Crippen LogP contribution in [0.3, 0.4) is 0 Å². The van der Waals surface area contributed by atoms with Crippen LogP contribution in [0.15, 0.2) is 42.9 Å². The summed E-state index contributed by atoms with van der Waals surface area (Å²) < 4.78 is 3.98. The minimum atomic E-state index is -0.874. The van der Waals surface area contributed by atoms with Crippen LogP contribution in [-0.2, 0) is 22.6 Å². The molecule has 2 heterocycles. The van der Waals surface area contributed by atoms with Gasteiger partial charge < -0.3 is 15.6 Å². The highest BCUT2D eigenvalue weighted by Crippen LogP contribution is 2.32. The monoisotopic (exact) mass is 469 g/mol. The number of imidazole rings is 1. The van der Waals surface area contributed by atoms with Crippen molar-refractivity contribution in [1.29, 1.82) is 0 Å². The SMILES string of the molecule is CCc1nccn1Cc1cn(C2CCC(C(=O)NC(C(N)=O)c3ccc(Cl)cc3)CC2)nn1. The molecule has 1 fully saturated rings. The van der Waals surface area contributed by atoms with Crippen molar-refractivity contribution in [2.45, 2.75) is 57.7 Å². The second kappa shape index (κ2) is 10.2. The molecule has 1 aromatic carbocycles. The van der Waals surface area contributed by atoms with Gasteiger partial charge in [0.05, 0.1) is 18.8 Å². The van der Waals surface area contributed by atoms with Gasteiger partial charge in [0, 0.05) is 29.8 Å². The van der Waals surface area contributed by atoms with E-state index < -0.39 is 11.9 Å². The van der Waals surface area contributed by atoms with Crippen molar-refractivity contribution in [2.24, 2.45) is 11.7 Å². The summed E-state index contributed by atoms with van der Waals surface area (Å²) in [7, 11) is 0. The fourth-order valence-electron chi connectivity index (χ4n) is 4.37. The number of nitrogens with one attached hydrogen (secondary N) is 1. The van der Waals surface area contributed by atoms with Crippen LogP contribution >= 0.6 is 11.6 Å². The molecule has 0 bridgehead atoms. The van der Waals surface area contributed by atoms with E-state index in [1.807, 2.05) is 17.1 Å². The van der Waals surface area contributed by atoms with Gasteiger partial charge in [0.25, 0.3) is 0 Å². The van der Waals surface area contributed by atoms with Crippen LogP contribution in [0.5, 0.6) is 0 Å². The minimum Gasteiger partial charge on any atom is -0.368 e. The van der Waals surface area contributed by atoms with Crippen molar-refractivity contribution >= 4 is 23.4 Å². The molecule has 1 unspecified atom stereocenters. The van der Waals surface area contributed by atoms with Crippen molar-refractivity contribution in [3.63, 3.8) is 0 Å². The van der Waals surface area contributed by atoms with Crippen molar-refractivity contribution in [2.75, 3.05) is 0 Å². The zero-order valence-electron chi connectivity index (χ0n) is 18.5. The van der Waals surface area contributed by atoms with E-state index in [1.165, 1.54) is 0 Å². The molecule has 1 aliphatic rings. The van der Waals surface area contributed by atoms with Gasteiger partial charge >= 0.3 is 0 Å². The van der Waals surface area contributed by atoms with Gasteiger partial charge in [-0.3, -0.25) is 9.59 Å². The number of hydrogen-bond donors (Lipinski definition) is 2. The number of benzene rings is 1. The zero-order valence-corrected chi connectivity index (χ0v) is 19.3. The summed E-state index contributed by atoms with van der Waals surface area (Å²) in [5.41, 5.74) is 7.04. The Labute approximate surface area is 197 Å². The van der Waals surface area contributed by atoms with Gasteiger partial charge in [0.2, 0.25) is 11.8 Å². The van der Waals surface area contributed by atoms with E-state index in [1.54, 1.807) is 30.5 Å². The summed E-state index contributed by atoms with van der Waals surface area (Å²) in [6.07, 6.45) is 9.63. The first-order valence-corrected chi connectivity index (χ1v) is 11.6. The normalized spacial score (nSPS) is 19.2. The summed E-state index contributed by atoms with van der Waals surface area (Å²) in [6, 6.07) is 6.07. The zero-order chi connectivity index (χ0) is 23.4. The minimum absolute atomic E-state index is 0.154. The largest absolute Gasteiger partial charge is 0.368 e. The Balaban J connectivity index is 1.33. The van der Waals surface area contributed by atoms with Crippen LogP contribution in [0.25, 0.3) is 0 Å². The van der Waals surface area contributed by atoms with Crippen LogP contribution in [0.1, 0.15) is 61.8 Å². The van der Waals surface area contributed by atoms with E-state index in [0.29, 0.717) is 30.0 Å². The van der Waals surface area contributed by atoms with E-state index in [4.69, 9.17) is 17.3 Å². The molecule has 1 aliphatic carbocycles. The highest BCUT2D eigenvalue weighted by molar-refractivity contribution is 6.30. The second-order valence-corrected chi connectivity index (χ2v) is 8.85. The van der Waals surface area contributed by atoms with E-state index in [2.05, 4.69) is 32.1 Å². The predicted octanol–water partition coefficient (Wildman–Crippen LogP) is 2.81. The lowest BCUT2D eigenvalue weighted by Crippen LogP contribution is -2.41. The van der Waals surface area contributed by atoms with Gasteiger partial charge in [-0.1, -0.05) is 35.9 Å².